The largest absolute Gasteiger partial charge is 0.0991 e. The van der Waals surface area contributed by atoms with Crippen molar-refractivity contribution in [3.05, 3.63) is 60.7 Å². The molecule has 0 N–H and O–H groups in total. The van der Waals surface area contributed by atoms with Gasteiger partial charge in [-0.15, -0.1) is 0 Å². The van der Waals surface area contributed by atoms with E-state index < -0.39 is 0 Å². The van der Waals surface area contributed by atoms with E-state index in [2.05, 4.69) is 51.3 Å². The second kappa shape index (κ2) is 6.41. The van der Waals surface area contributed by atoms with Gasteiger partial charge in [-0.2, -0.15) is 0 Å². The summed E-state index contributed by atoms with van der Waals surface area (Å²) >= 11 is 0. The van der Waals surface area contributed by atoms with Crippen LogP contribution in [0.15, 0.2) is 49.6 Å². The van der Waals surface area contributed by atoms with Crippen LogP contribution in [0.5, 0.6) is 0 Å². The molecule has 0 unspecified atom stereocenters. The molecule has 0 fully saturated rings. The summed E-state index contributed by atoms with van der Waals surface area (Å²) in [5.41, 5.74) is 2.66. The highest BCUT2D eigenvalue weighted by atomic mass is 13.9. The van der Waals surface area contributed by atoms with Gasteiger partial charge in [0.25, 0.3) is 0 Å². The fraction of sp³-hybridized carbons (Fsp3) is 0.167. The van der Waals surface area contributed by atoms with Gasteiger partial charge >= 0.3 is 0 Å². The van der Waals surface area contributed by atoms with E-state index in [1.54, 1.807) is 12.2 Å². The maximum atomic E-state index is 3.36. The zero-order valence-corrected chi connectivity index (χ0v) is 7.88. The molecule has 1 aromatic rings. The van der Waals surface area contributed by atoms with Crippen LogP contribution in [0.1, 0.15) is 11.1 Å². The van der Waals surface area contributed by atoms with Crippen LogP contribution in [0.4, 0.5) is 0 Å². The van der Waals surface area contributed by atoms with Gasteiger partial charge in [-0.25, -0.2) is 0 Å². The van der Waals surface area contributed by atoms with Crippen LogP contribution in [0, 0.1) is 13.8 Å². The fourth-order valence-corrected chi connectivity index (χ4v) is 0.637. The third kappa shape index (κ3) is 5.48. The van der Waals surface area contributed by atoms with E-state index in [-0.39, 0.29) is 0 Å². The van der Waals surface area contributed by atoms with Crippen molar-refractivity contribution in [2.45, 2.75) is 13.8 Å². The third-order valence-corrected chi connectivity index (χ3v) is 1.38. The Bertz CT molecular complexity index is 202. The van der Waals surface area contributed by atoms with Gasteiger partial charge in [0, 0.05) is 0 Å². The van der Waals surface area contributed by atoms with E-state index in [4.69, 9.17) is 0 Å². The highest BCUT2D eigenvalue weighted by molar-refractivity contribution is 5.19. The second-order valence-electron chi connectivity index (χ2n) is 2.63. The zero-order chi connectivity index (χ0) is 9.40. The lowest BCUT2D eigenvalue weighted by atomic mass is 10.2. The van der Waals surface area contributed by atoms with E-state index in [0.29, 0.717) is 0 Å². The van der Waals surface area contributed by atoms with E-state index in [0.717, 1.165) is 0 Å². The van der Waals surface area contributed by atoms with E-state index >= 15 is 0 Å². The SMILES string of the molecule is C=CC=C.Cc1ccc(C)cc1. The molecule has 0 aliphatic rings. The predicted molar refractivity (Wildman–Crippen MR) is 56.3 cm³/mol. The lowest BCUT2D eigenvalue weighted by Crippen LogP contribution is -1.70. The Morgan fingerprint density at radius 2 is 1.08 bits per heavy atom. The number of hydrogen-bond acceptors (Lipinski definition) is 0. The first kappa shape index (κ1) is 10.7. The first-order chi connectivity index (χ1) is 5.70. The molecule has 0 aromatic heterocycles. The quantitative estimate of drug-likeness (QED) is 0.550. The lowest BCUT2D eigenvalue weighted by molar-refractivity contribution is 1.40. The van der Waals surface area contributed by atoms with Crippen LogP contribution in [-0.2, 0) is 0 Å². The van der Waals surface area contributed by atoms with Gasteiger partial charge in [-0.3, -0.25) is 0 Å². The molecule has 0 heterocycles. The Labute approximate surface area is 75.2 Å². The normalized spacial score (nSPS) is 7.83. The molecule has 0 saturated carbocycles. The summed E-state index contributed by atoms with van der Waals surface area (Å²) in [5, 5.41) is 0. The van der Waals surface area contributed by atoms with Crippen molar-refractivity contribution in [2.24, 2.45) is 0 Å². The van der Waals surface area contributed by atoms with Crippen LogP contribution in [0.2, 0.25) is 0 Å². The molecule has 0 heteroatoms. The van der Waals surface area contributed by atoms with Gasteiger partial charge in [0.15, 0.2) is 0 Å². The molecule has 0 atom stereocenters. The predicted octanol–water partition coefficient (Wildman–Crippen LogP) is 3.66. The molecule has 64 valence electrons. The van der Waals surface area contributed by atoms with Crippen molar-refractivity contribution in [3.63, 3.8) is 0 Å². The summed E-state index contributed by atoms with van der Waals surface area (Å²) in [6, 6.07) is 8.48. The third-order valence-electron chi connectivity index (χ3n) is 1.38. The molecular weight excluding hydrogens is 144 g/mol. The lowest BCUT2D eigenvalue weighted by Gasteiger charge is -1.90. The van der Waals surface area contributed by atoms with Gasteiger partial charge < -0.3 is 0 Å². The minimum absolute atomic E-state index is 1.33. The van der Waals surface area contributed by atoms with Crippen LogP contribution in [0.3, 0.4) is 0 Å². The number of allylic oxidation sites excluding steroid dienone is 2. The summed E-state index contributed by atoms with van der Waals surface area (Å²) < 4.78 is 0. The van der Waals surface area contributed by atoms with Gasteiger partial charge in [-0.1, -0.05) is 60.7 Å². The molecule has 0 amide bonds. The van der Waals surface area contributed by atoms with Crippen molar-refractivity contribution >= 4 is 0 Å². The molecule has 1 aromatic carbocycles. The molecule has 1 rings (SSSR count). The molecule has 0 aliphatic carbocycles. The van der Waals surface area contributed by atoms with Gasteiger partial charge in [0.05, 0.1) is 0 Å². The van der Waals surface area contributed by atoms with Gasteiger partial charge in [-0.05, 0) is 13.8 Å². The fourth-order valence-electron chi connectivity index (χ4n) is 0.637. The molecule has 0 aliphatic heterocycles. The van der Waals surface area contributed by atoms with Crippen LogP contribution in [-0.4, -0.2) is 0 Å². The topological polar surface area (TPSA) is 0 Å². The average molecular weight is 160 g/mol. The van der Waals surface area contributed by atoms with Crippen molar-refractivity contribution < 1.29 is 0 Å². The summed E-state index contributed by atoms with van der Waals surface area (Å²) in [7, 11) is 0. The molecule has 0 bridgehead atoms. The van der Waals surface area contributed by atoms with Crippen molar-refractivity contribution in [1.29, 1.82) is 0 Å². The number of rotatable bonds is 1. The molecular formula is C12H16. The molecule has 0 radical (unpaired) electrons. The summed E-state index contributed by atoms with van der Waals surface area (Å²) in [6.07, 6.45) is 3.28. The first-order valence-corrected chi connectivity index (χ1v) is 3.97. The zero-order valence-electron chi connectivity index (χ0n) is 7.88. The first-order valence-electron chi connectivity index (χ1n) is 3.97. The Balaban J connectivity index is 0.000000261. The molecule has 0 nitrogen and oxygen atoms in total. The molecule has 12 heavy (non-hydrogen) atoms. The Morgan fingerprint density at radius 3 is 1.25 bits per heavy atom. The minimum atomic E-state index is 1.33. The highest BCUT2D eigenvalue weighted by Gasteiger charge is 1.79. The van der Waals surface area contributed by atoms with Crippen LogP contribution in [0.25, 0.3) is 0 Å². The smallest absolute Gasteiger partial charge is 0.0398 e. The summed E-state index contributed by atoms with van der Waals surface area (Å²) in [4.78, 5) is 0. The number of hydrogen-bond donors (Lipinski definition) is 0. The summed E-state index contributed by atoms with van der Waals surface area (Å²) in [6.45, 7) is 10.9. The van der Waals surface area contributed by atoms with Crippen molar-refractivity contribution in [1.82, 2.24) is 0 Å². The highest BCUT2D eigenvalue weighted by Crippen LogP contribution is 1.99. The Morgan fingerprint density at radius 1 is 0.833 bits per heavy atom. The van der Waals surface area contributed by atoms with Crippen molar-refractivity contribution in [3.8, 4) is 0 Å². The number of aryl methyl sites for hydroxylation is 2. The Hall–Kier alpha value is -1.30. The molecule has 0 saturated heterocycles. The molecule has 0 spiro atoms. The van der Waals surface area contributed by atoms with Crippen molar-refractivity contribution in [2.75, 3.05) is 0 Å². The van der Waals surface area contributed by atoms with Gasteiger partial charge in [0.1, 0.15) is 0 Å². The monoisotopic (exact) mass is 160 g/mol. The minimum Gasteiger partial charge on any atom is -0.0991 e. The van der Waals surface area contributed by atoms with Gasteiger partial charge in [0.2, 0.25) is 0 Å². The maximum absolute atomic E-state index is 3.36. The average Bonchev–Trinajstić information content (AvgIpc) is 2.11. The van der Waals surface area contributed by atoms with E-state index in [1.165, 1.54) is 11.1 Å². The number of benzene rings is 1. The van der Waals surface area contributed by atoms with E-state index in [9.17, 15) is 0 Å². The second-order valence-corrected chi connectivity index (χ2v) is 2.63. The van der Waals surface area contributed by atoms with Crippen LogP contribution < -0.4 is 0 Å². The van der Waals surface area contributed by atoms with Crippen LogP contribution >= 0.6 is 0 Å². The maximum Gasteiger partial charge on any atom is -0.0398 e. The summed E-state index contributed by atoms with van der Waals surface area (Å²) in [5.74, 6) is 0. The standard InChI is InChI=1S/C8H10.C4H6/c1-7-3-5-8(2)6-4-7;1-3-4-2/h3-6H,1-2H3;3-4H,1-2H2. The Kier molecular flexibility index (Phi) is 5.72. The van der Waals surface area contributed by atoms with E-state index in [1.807, 2.05) is 0 Å².